The maximum Gasteiger partial charge on any atom is 0.251 e. The summed E-state index contributed by atoms with van der Waals surface area (Å²) in [7, 11) is 0. The van der Waals surface area contributed by atoms with Crippen LogP contribution in [-0.4, -0.2) is 64.7 Å². The van der Waals surface area contributed by atoms with Crippen LogP contribution in [0.5, 0.6) is 0 Å². The summed E-state index contributed by atoms with van der Waals surface area (Å²) in [5.74, 6) is 1.37. The van der Waals surface area contributed by atoms with Crippen LogP contribution in [-0.2, 0) is 16.1 Å². The predicted octanol–water partition coefficient (Wildman–Crippen LogP) is 2.38. The first-order chi connectivity index (χ1) is 12.2. The quantitative estimate of drug-likeness (QED) is 0.747. The minimum absolute atomic E-state index is 0.139. The molecule has 1 amide bonds. The fourth-order valence-corrected chi connectivity index (χ4v) is 4.49. The van der Waals surface area contributed by atoms with Crippen molar-refractivity contribution in [2.45, 2.75) is 25.5 Å². The number of hydrogen-bond acceptors (Lipinski definition) is 7. The molecule has 25 heavy (non-hydrogen) atoms. The number of amides is 1. The van der Waals surface area contributed by atoms with Crippen LogP contribution in [0, 0.1) is 0 Å². The molecule has 134 valence electrons. The summed E-state index contributed by atoms with van der Waals surface area (Å²) >= 11 is 5.01. The molecule has 7 nitrogen and oxygen atoms in total. The monoisotopic (exact) mass is 426 g/mol. The van der Waals surface area contributed by atoms with E-state index in [4.69, 9.17) is 9.26 Å². The standard InChI is InChI=1S/C16H19BrN4O3S/c17-11-8-13(25-10-11)15-18-14(24-19-15)9-20-3-5-21(6-4-20)16(22)12-2-1-7-23-12/h8,10,12H,1-7,9H2. The third-order valence-corrected chi connectivity index (χ3v) is 6.19. The maximum atomic E-state index is 12.4. The first kappa shape index (κ1) is 17.1. The van der Waals surface area contributed by atoms with Crippen molar-refractivity contribution in [2.75, 3.05) is 32.8 Å². The Morgan fingerprint density at radius 1 is 1.36 bits per heavy atom. The van der Waals surface area contributed by atoms with E-state index in [-0.39, 0.29) is 12.0 Å². The molecule has 2 fully saturated rings. The number of rotatable bonds is 4. The molecular formula is C16H19BrN4O3S. The van der Waals surface area contributed by atoms with E-state index < -0.39 is 0 Å². The number of carbonyl (C=O) groups excluding carboxylic acids is 1. The highest BCUT2D eigenvalue weighted by molar-refractivity contribution is 9.10. The number of nitrogens with zero attached hydrogens (tertiary/aromatic N) is 4. The zero-order chi connectivity index (χ0) is 17.2. The normalized spacial score (nSPS) is 21.8. The highest BCUT2D eigenvalue weighted by atomic mass is 79.9. The Hall–Kier alpha value is -1.29. The van der Waals surface area contributed by atoms with Crippen LogP contribution < -0.4 is 0 Å². The Bertz CT molecular complexity index is 735. The Morgan fingerprint density at radius 3 is 2.88 bits per heavy atom. The van der Waals surface area contributed by atoms with Crippen molar-refractivity contribution >= 4 is 33.2 Å². The van der Waals surface area contributed by atoms with Crippen molar-refractivity contribution in [2.24, 2.45) is 0 Å². The highest BCUT2D eigenvalue weighted by Crippen LogP contribution is 2.28. The zero-order valence-electron chi connectivity index (χ0n) is 13.7. The molecule has 2 aliphatic heterocycles. The van der Waals surface area contributed by atoms with Crippen LogP contribution >= 0.6 is 27.3 Å². The molecule has 0 aliphatic carbocycles. The van der Waals surface area contributed by atoms with Gasteiger partial charge in [-0.25, -0.2) is 0 Å². The lowest BCUT2D eigenvalue weighted by atomic mass is 10.2. The molecule has 0 spiro atoms. The minimum Gasteiger partial charge on any atom is -0.368 e. The van der Waals surface area contributed by atoms with Gasteiger partial charge in [-0.05, 0) is 34.8 Å². The van der Waals surface area contributed by atoms with E-state index in [0.717, 1.165) is 48.4 Å². The van der Waals surface area contributed by atoms with Gasteiger partial charge in [0.05, 0.1) is 11.4 Å². The number of halogens is 1. The maximum absolute atomic E-state index is 12.4. The van der Waals surface area contributed by atoms with Gasteiger partial charge in [0.25, 0.3) is 5.91 Å². The molecular weight excluding hydrogens is 408 g/mol. The van der Waals surface area contributed by atoms with Crippen molar-refractivity contribution in [3.05, 3.63) is 21.8 Å². The van der Waals surface area contributed by atoms with E-state index in [9.17, 15) is 4.79 Å². The summed E-state index contributed by atoms with van der Waals surface area (Å²) in [5.41, 5.74) is 0. The SMILES string of the molecule is O=C(C1CCCO1)N1CCN(Cc2nc(-c3cc(Br)cs3)no2)CC1. The average molecular weight is 427 g/mol. The first-order valence-corrected chi connectivity index (χ1v) is 10.1. The molecule has 0 bridgehead atoms. The second-order valence-electron chi connectivity index (χ2n) is 6.24. The van der Waals surface area contributed by atoms with Gasteiger partial charge in [0, 0.05) is 42.6 Å². The highest BCUT2D eigenvalue weighted by Gasteiger charge is 2.30. The lowest BCUT2D eigenvalue weighted by molar-refractivity contribution is -0.142. The zero-order valence-corrected chi connectivity index (χ0v) is 16.1. The molecule has 1 unspecified atom stereocenters. The van der Waals surface area contributed by atoms with Gasteiger partial charge >= 0.3 is 0 Å². The van der Waals surface area contributed by atoms with Gasteiger partial charge in [0.1, 0.15) is 6.10 Å². The largest absolute Gasteiger partial charge is 0.368 e. The van der Waals surface area contributed by atoms with E-state index in [1.165, 1.54) is 0 Å². The third-order valence-electron chi connectivity index (χ3n) is 4.50. The Morgan fingerprint density at radius 2 is 2.20 bits per heavy atom. The molecule has 2 aromatic heterocycles. The predicted molar refractivity (Wildman–Crippen MR) is 96.1 cm³/mol. The summed E-state index contributed by atoms with van der Waals surface area (Å²) in [5, 5.41) is 6.05. The van der Waals surface area contributed by atoms with E-state index in [0.29, 0.717) is 24.9 Å². The van der Waals surface area contributed by atoms with E-state index in [1.54, 1.807) is 11.3 Å². The van der Waals surface area contributed by atoms with E-state index >= 15 is 0 Å². The molecule has 4 heterocycles. The second kappa shape index (κ2) is 7.53. The van der Waals surface area contributed by atoms with Gasteiger partial charge in [-0.2, -0.15) is 4.98 Å². The average Bonchev–Trinajstić information content (AvgIpc) is 3.36. The van der Waals surface area contributed by atoms with Crippen molar-refractivity contribution in [3.63, 3.8) is 0 Å². The van der Waals surface area contributed by atoms with Gasteiger partial charge in [-0.1, -0.05) is 5.16 Å². The Balaban J connectivity index is 1.30. The molecule has 0 aromatic carbocycles. The summed E-state index contributed by atoms with van der Waals surface area (Å²) in [4.78, 5) is 22.0. The lowest BCUT2D eigenvalue weighted by Gasteiger charge is -2.35. The minimum atomic E-state index is -0.227. The molecule has 1 atom stereocenters. The second-order valence-corrected chi connectivity index (χ2v) is 8.07. The molecule has 2 aliphatic rings. The third kappa shape index (κ3) is 3.94. The summed E-state index contributed by atoms with van der Waals surface area (Å²) in [6, 6.07) is 1.98. The first-order valence-electron chi connectivity index (χ1n) is 8.39. The molecule has 0 N–H and O–H groups in total. The van der Waals surface area contributed by atoms with Gasteiger partial charge in [0.2, 0.25) is 11.7 Å². The van der Waals surface area contributed by atoms with Gasteiger partial charge in [0.15, 0.2) is 0 Å². The smallest absolute Gasteiger partial charge is 0.251 e. The Labute approximate surface area is 158 Å². The van der Waals surface area contributed by atoms with Gasteiger partial charge in [-0.15, -0.1) is 11.3 Å². The number of thiophene rings is 1. The molecule has 4 rings (SSSR count). The lowest BCUT2D eigenvalue weighted by Crippen LogP contribution is -2.51. The molecule has 2 aromatic rings. The van der Waals surface area contributed by atoms with Crippen molar-refractivity contribution in [3.8, 4) is 10.7 Å². The van der Waals surface area contributed by atoms with E-state index in [2.05, 4.69) is 31.0 Å². The molecule has 0 saturated carbocycles. The Kier molecular flexibility index (Phi) is 5.16. The summed E-state index contributed by atoms with van der Waals surface area (Å²) < 4.78 is 11.9. The number of hydrogen-bond donors (Lipinski definition) is 0. The van der Waals surface area contributed by atoms with Crippen molar-refractivity contribution in [1.82, 2.24) is 19.9 Å². The molecule has 0 radical (unpaired) electrons. The summed E-state index contributed by atoms with van der Waals surface area (Å²) in [6.07, 6.45) is 1.61. The van der Waals surface area contributed by atoms with Crippen molar-refractivity contribution < 1.29 is 14.1 Å². The number of piperazine rings is 1. The van der Waals surface area contributed by atoms with Crippen LogP contribution in [0.4, 0.5) is 0 Å². The molecule has 2 saturated heterocycles. The van der Waals surface area contributed by atoms with Crippen LogP contribution in [0.25, 0.3) is 10.7 Å². The number of ether oxygens (including phenoxy) is 1. The topological polar surface area (TPSA) is 71.7 Å². The van der Waals surface area contributed by atoms with Crippen LogP contribution in [0.2, 0.25) is 0 Å². The van der Waals surface area contributed by atoms with Crippen LogP contribution in [0.15, 0.2) is 20.4 Å². The number of aromatic nitrogens is 2. The van der Waals surface area contributed by atoms with Gasteiger partial charge < -0.3 is 14.2 Å². The van der Waals surface area contributed by atoms with E-state index in [1.807, 2.05) is 16.3 Å². The fraction of sp³-hybridized carbons (Fsp3) is 0.562. The van der Waals surface area contributed by atoms with Crippen LogP contribution in [0.3, 0.4) is 0 Å². The number of carbonyl (C=O) groups is 1. The molecule has 9 heteroatoms. The summed E-state index contributed by atoms with van der Waals surface area (Å²) in [6.45, 7) is 4.37. The van der Waals surface area contributed by atoms with Crippen LogP contribution in [0.1, 0.15) is 18.7 Å². The fourth-order valence-electron chi connectivity index (χ4n) is 3.14. The van der Waals surface area contributed by atoms with Crippen molar-refractivity contribution in [1.29, 1.82) is 0 Å². The van der Waals surface area contributed by atoms with Gasteiger partial charge in [-0.3, -0.25) is 9.69 Å².